The first-order valence-electron chi connectivity index (χ1n) is 5.70. The molecule has 0 heterocycles. The predicted octanol–water partition coefficient (Wildman–Crippen LogP) is 2.12. The van der Waals surface area contributed by atoms with Crippen molar-refractivity contribution < 1.29 is 19.0 Å². The van der Waals surface area contributed by atoms with Gasteiger partial charge in [0.2, 0.25) is 0 Å². The summed E-state index contributed by atoms with van der Waals surface area (Å²) in [5, 5.41) is 8.86. The lowest BCUT2D eigenvalue weighted by Gasteiger charge is -2.23. The molecule has 3 N–H and O–H groups in total. The second-order valence-corrected chi connectivity index (χ2v) is 4.76. The summed E-state index contributed by atoms with van der Waals surface area (Å²) in [6.45, 7) is 3.18. The number of nitrogens with two attached hydrogens (primary N) is 1. The fraction of sp³-hybridized carbons (Fsp3) is 0.462. The molecule has 0 aliphatic heterocycles. The molecule has 1 amide bonds. The minimum absolute atomic E-state index is 0.270. The second-order valence-electron chi connectivity index (χ2n) is 4.76. The average Bonchev–Trinajstić information content (AvgIpc) is 2.25. The van der Waals surface area contributed by atoms with Gasteiger partial charge in [0.25, 0.3) is 0 Å². The van der Waals surface area contributed by atoms with Crippen molar-refractivity contribution >= 4 is 6.09 Å². The molecule has 0 aliphatic rings. The Morgan fingerprint density at radius 3 is 2.67 bits per heavy atom. The first kappa shape index (κ1) is 14.4. The molecule has 100 valence electrons. The van der Waals surface area contributed by atoms with Crippen molar-refractivity contribution in [3.05, 3.63) is 35.1 Å². The Hall–Kier alpha value is -1.62. The van der Waals surface area contributed by atoms with Crippen LogP contribution >= 0.6 is 0 Å². The SMILES string of the molecule is CC(C)(CCc1ccc(CO)c(F)c1)OC(N)=O. The van der Waals surface area contributed by atoms with Crippen LogP contribution in [-0.4, -0.2) is 16.8 Å². The van der Waals surface area contributed by atoms with Crippen molar-refractivity contribution in [1.82, 2.24) is 0 Å². The molecule has 0 aliphatic carbocycles. The maximum atomic E-state index is 13.4. The lowest BCUT2D eigenvalue weighted by molar-refractivity contribution is 0.0394. The Balaban J connectivity index is 2.63. The van der Waals surface area contributed by atoms with Crippen LogP contribution in [0.25, 0.3) is 0 Å². The predicted molar refractivity (Wildman–Crippen MR) is 65.4 cm³/mol. The van der Waals surface area contributed by atoms with E-state index in [4.69, 9.17) is 15.6 Å². The minimum Gasteiger partial charge on any atom is -0.444 e. The van der Waals surface area contributed by atoms with Crippen LogP contribution in [-0.2, 0) is 17.8 Å². The van der Waals surface area contributed by atoms with Crippen LogP contribution in [0.5, 0.6) is 0 Å². The number of rotatable bonds is 5. The van der Waals surface area contributed by atoms with Gasteiger partial charge >= 0.3 is 6.09 Å². The first-order chi connectivity index (χ1) is 8.34. The van der Waals surface area contributed by atoms with Gasteiger partial charge in [0.1, 0.15) is 11.4 Å². The summed E-state index contributed by atoms with van der Waals surface area (Å²) < 4.78 is 18.4. The molecular formula is C13H18FNO3. The number of aliphatic hydroxyl groups is 1. The summed E-state index contributed by atoms with van der Waals surface area (Å²) in [5.41, 5.74) is 5.33. The zero-order chi connectivity index (χ0) is 13.8. The van der Waals surface area contributed by atoms with Crippen LogP contribution in [0.4, 0.5) is 9.18 Å². The Morgan fingerprint density at radius 2 is 2.17 bits per heavy atom. The smallest absolute Gasteiger partial charge is 0.405 e. The lowest BCUT2D eigenvalue weighted by atomic mass is 9.98. The molecule has 1 aromatic rings. The molecule has 0 aromatic heterocycles. The van der Waals surface area contributed by atoms with Gasteiger partial charge in [0.05, 0.1) is 6.61 Å². The Morgan fingerprint density at radius 1 is 1.50 bits per heavy atom. The van der Waals surface area contributed by atoms with Crippen molar-refractivity contribution in [3.63, 3.8) is 0 Å². The van der Waals surface area contributed by atoms with Crippen LogP contribution in [0.15, 0.2) is 18.2 Å². The molecule has 0 unspecified atom stereocenters. The molecule has 0 saturated carbocycles. The molecule has 18 heavy (non-hydrogen) atoms. The van der Waals surface area contributed by atoms with Gasteiger partial charge < -0.3 is 15.6 Å². The fourth-order valence-electron chi connectivity index (χ4n) is 1.64. The lowest BCUT2D eigenvalue weighted by Crippen LogP contribution is -2.31. The fourth-order valence-corrected chi connectivity index (χ4v) is 1.64. The third-order valence-electron chi connectivity index (χ3n) is 2.68. The van der Waals surface area contributed by atoms with E-state index in [0.717, 1.165) is 5.56 Å². The van der Waals surface area contributed by atoms with Crippen LogP contribution in [0, 0.1) is 5.82 Å². The summed E-state index contributed by atoms with van der Waals surface area (Å²) >= 11 is 0. The summed E-state index contributed by atoms with van der Waals surface area (Å²) in [4.78, 5) is 10.7. The summed E-state index contributed by atoms with van der Waals surface area (Å²) in [7, 11) is 0. The molecule has 0 saturated heterocycles. The normalized spacial score (nSPS) is 11.3. The van der Waals surface area contributed by atoms with E-state index in [1.807, 2.05) is 0 Å². The van der Waals surface area contributed by atoms with Gasteiger partial charge in [-0.2, -0.15) is 0 Å². The molecule has 0 bridgehead atoms. The monoisotopic (exact) mass is 255 g/mol. The van der Waals surface area contributed by atoms with Gasteiger partial charge in [-0.3, -0.25) is 0 Å². The van der Waals surface area contributed by atoms with E-state index >= 15 is 0 Å². The van der Waals surface area contributed by atoms with Crippen LogP contribution < -0.4 is 5.73 Å². The maximum absolute atomic E-state index is 13.4. The number of carbonyl (C=O) groups is 1. The van der Waals surface area contributed by atoms with Gasteiger partial charge in [-0.1, -0.05) is 12.1 Å². The van der Waals surface area contributed by atoms with Crippen molar-refractivity contribution in [3.8, 4) is 0 Å². The van der Waals surface area contributed by atoms with Crippen LogP contribution in [0.1, 0.15) is 31.4 Å². The zero-order valence-corrected chi connectivity index (χ0v) is 10.6. The van der Waals surface area contributed by atoms with E-state index in [2.05, 4.69) is 0 Å². The van der Waals surface area contributed by atoms with Gasteiger partial charge in [0, 0.05) is 5.56 Å². The van der Waals surface area contributed by atoms with E-state index in [1.165, 1.54) is 6.07 Å². The van der Waals surface area contributed by atoms with Crippen molar-refractivity contribution in [2.75, 3.05) is 0 Å². The highest BCUT2D eigenvalue weighted by Gasteiger charge is 2.21. The number of aliphatic hydroxyl groups excluding tert-OH is 1. The number of halogens is 1. The van der Waals surface area contributed by atoms with Crippen molar-refractivity contribution in [1.29, 1.82) is 0 Å². The number of carbonyl (C=O) groups excluding carboxylic acids is 1. The summed E-state index contributed by atoms with van der Waals surface area (Å²) in [6.07, 6.45) is 0.276. The van der Waals surface area contributed by atoms with Crippen molar-refractivity contribution in [2.24, 2.45) is 5.73 Å². The average molecular weight is 255 g/mol. The zero-order valence-electron chi connectivity index (χ0n) is 10.6. The number of primary amides is 1. The minimum atomic E-state index is -0.818. The standard InChI is InChI=1S/C13H18FNO3/c1-13(2,18-12(15)17)6-5-9-3-4-10(8-16)11(14)7-9/h3-4,7,16H,5-6,8H2,1-2H3,(H2,15,17). The number of hydrogen-bond acceptors (Lipinski definition) is 3. The summed E-state index contributed by atoms with van der Waals surface area (Å²) in [5.74, 6) is -0.427. The van der Waals surface area contributed by atoms with E-state index in [-0.39, 0.29) is 12.2 Å². The van der Waals surface area contributed by atoms with E-state index in [9.17, 15) is 9.18 Å². The molecule has 1 rings (SSSR count). The molecular weight excluding hydrogens is 237 g/mol. The number of aryl methyl sites for hydroxylation is 1. The van der Waals surface area contributed by atoms with Crippen LogP contribution in [0.3, 0.4) is 0 Å². The first-order valence-corrected chi connectivity index (χ1v) is 5.70. The van der Waals surface area contributed by atoms with Gasteiger partial charge in [-0.05, 0) is 38.3 Å². The van der Waals surface area contributed by atoms with E-state index < -0.39 is 17.5 Å². The number of amides is 1. The van der Waals surface area contributed by atoms with Gasteiger partial charge in [-0.25, -0.2) is 9.18 Å². The Kier molecular flexibility index (Phi) is 4.67. The molecule has 0 radical (unpaired) electrons. The third-order valence-corrected chi connectivity index (χ3v) is 2.68. The van der Waals surface area contributed by atoms with E-state index in [1.54, 1.807) is 26.0 Å². The second kappa shape index (κ2) is 5.82. The largest absolute Gasteiger partial charge is 0.444 e. The Bertz CT molecular complexity index is 432. The highest BCUT2D eigenvalue weighted by atomic mass is 19.1. The highest BCUT2D eigenvalue weighted by Crippen LogP contribution is 2.19. The molecule has 0 atom stereocenters. The molecule has 4 nitrogen and oxygen atoms in total. The number of ether oxygens (including phenoxy) is 1. The molecule has 1 aromatic carbocycles. The third kappa shape index (κ3) is 4.33. The quantitative estimate of drug-likeness (QED) is 0.846. The number of hydrogen-bond donors (Lipinski definition) is 2. The van der Waals surface area contributed by atoms with Gasteiger partial charge in [-0.15, -0.1) is 0 Å². The van der Waals surface area contributed by atoms with Crippen molar-refractivity contribution in [2.45, 2.75) is 38.9 Å². The Labute approximate surface area is 106 Å². The molecule has 0 spiro atoms. The molecule has 0 fully saturated rings. The van der Waals surface area contributed by atoms with Gasteiger partial charge in [0.15, 0.2) is 0 Å². The topological polar surface area (TPSA) is 72.6 Å². The highest BCUT2D eigenvalue weighted by molar-refractivity contribution is 5.65. The number of benzene rings is 1. The molecule has 5 heteroatoms. The van der Waals surface area contributed by atoms with Crippen LogP contribution in [0.2, 0.25) is 0 Å². The maximum Gasteiger partial charge on any atom is 0.405 e. The summed E-state index contributed by atoms with van der Waals surface area (Å²) in [6, 6.07) is 4.67. The van der Waals surface area contributed by atoms with E-state index in [0.29, 0.717) is 12.8 Å².